The Morgan fingerprint density at radius 2 is 1.63 bits per heavy atom. The molecule has 0 saturated carbocycles. The van der Waals surface area contributed by atoms with Crippen molar-refractivity contribution in [2.24, 2.45) is 22.4 Å². The van der Waals surface area contributed by atoms with Crippen LogP contribution in [0.25, 0.3) is 5.70 Å². The highest BCUT2D eigenvalue weighted by molar-refractivity contribution is 5.97. The van der Waals surface area contributed by atoms with Gasteiger partial charge in [0.15, 0.2) is 0 Å². The first-order valence-electron chi connectivity index (χ1n) is 10.1. The van der Waals surface area contributed by atoms with Crippen LogP contribution in [0, 0.1) is 5.92 Å². The van der Waals surface area contributed by atoms with E-state index < -0.39 is 0 Å². The van der Waals surface area contributed by atoms with Gasteiger partial charge in [-0.3, -0.25) is 9.59 Å². The molecule has 1 saturated heterocycles. The van der Waals surface area contributed by atoms with Crippen molar-refractivity contribution < 1.29 is 9.59 Å². The number of nitrogens with two attached hydrogens (primary N) is 2. The highest BCUT2D eigenvalue weighted by atomic mass is 16.2. The molecule has 0 spiro atoms. The van der Waals surface area contributed by atoms with Gasteiger partial charge in [0.05, 0.1) is 18.4 Å². The largest absolute Gasteiger partial charge is 0.386 e. The van der Waals surface area contributed by atoms with Crippen LogP contribution in [0.2, 0.25) is 0 Å². The molecule has 0 aliphatic carbocycles. The molecule has 7 nitrogen and oxygen atoms in total. The monoisotopic (exact) mass is 403 g/mol. The van der Waals surface area contributed by atoms with Crippen LogP contribution in [-0.2, 0) is 4.79 Å². The van der Waals surface area contributed by atoms with Crippen molar-refractivity contribution in [3.63, 3.8) is 0 Å². The van der Waals surface area contributed by atoms with Crippen LogP contribution in [0.4, 0.5) is 5.69 Å². The molecule has 7 heteroatoms. The van der Waals surface area contributed by atoms with Crippen LogP contribution in [0.3, 0.4) is 0 Å². The summed E-state index contributed by atoms with van der Waals surface area (Å²) in [5.41, 5.74) is 14.9. The highest BCUT2D eigenvalue weighted by Gasteiger charge is 2.26. The molecule has 0 atom stereocenters. The van der Waals surface area contributed by atoms with Gasteiger partial charge in [-0.05, 0) is 42.7 Å². The summed E-state index contributed by atoms with van der Waals surface area (Å²) in [4.78, 5) is 32.4. The third-order valence-corrected chi connectivity index (χ3v) is 5.64. The molecule has 0 unspecified atom stereocenters. The Kier molecular flexibility index (Phi) is 5.52. The van der Waals surface area contributed by atoms with Gasteiger partial charge in [0, 0.05) is 30.3 Å². The first kappa shape index (κ1) is 19.7. The van der Waals surface area contributed by atoms with Gasteiger partial charge in [0.25, 0.3) is 5.91 Å². The number of nitrogens with zero attached hydrogens (tertiary/aromatic N) is 3. The molecule has 2 amide bonds. The van der Waals surface area contributed by atoms with Gasteiger partial charge in [-0.1, -0.05) is 30.3 Å². The third-order valence-electron chi connectivity index (χ3n) is 5.64. The normalized spacial score (nSPS) is 17.3. The highest BCUT2D eigenvalue weighted by Crippen LogP contribution is 2.28. The lowest BCUT2D eigenvalue weighted by Gasteiger charge is -2.31. The van der Waals surface area contributed by atoms with Gasteiger partial charge in [0.2, 0.25) is 5.91 Å². The molecule has 0 bridgehead atoms. The Labute approximate surface area is 175 Å². The molecule has 1 fully saturated rings. The maximum absolute atomic E-state index is 12.8. The number of amides is 2. The number of hydrogen-bond acceptors (Lipinski definition) is 5. The van der Waals surface area contributed by atoms with Crippen LogP contribution in [-0.4, -0.2) is 42.2 Å². The van der Waals surface area contributed by atoms with E-state index in [1.54, 1.807) is 11.1 Å². The van der Waals surface area contributed by atoms with Crippen LogP contribution < -0.4 is 16.4 Å². The number of carbonyl (C=O) groups excluding carboxylic acids is 2. The zero-order valence-electron chi connectivity index (χ0n) is 16.7. The predicted molar refractivity (Wildman–Crippen MR) is 118 cm³/mol. The summed E-state index contributed by atoms with van der Waals surface area (Å²) in [5.74, 6) is 0.114. The fourth-order valence-electron chi connectivity index (χ4n) is 3.90. The summed E-state index contributed by atoms with van der Waals surface area (Å²) in [6.45, 7) is 1.61. The number of rotatable bonds is 4. The van der Waals surface area contributed by atoms with Crippen molar-refractivity contribution in [1.82, 2.24) is 4.90 Å². The lowest BCUT2D eigenvalue weighted by molar-refractivity contribution is -0.123. The zero-order chi connectivity index (χ0) is 21.1. The average Bonchev–Trinajstić information content (AvgIpc) is 2.79. The molecule has 0 aromatic heterocycles. The number of piperidine rings is 1. The summed E-state index contributed by atoms with van der Waals surface area (Å²) in [6.07, 6.45) is 3.01. The Morgan fingerprint density at radius 1 is 0.967 bits per heavy atom. The van der Waals surface area contributed by atoms with E-state index >= 15 is 0 Å². The molecule has 4 N–H and O–H groups in total. The number of amidine groups is 1. The number of primary amides is 1. The third kappa shape index (κ3) is 4.05. The summed E-state index contributed by atoms with van der Waals surface area (Å²) in [6, 6.07) is 17.5. The fourth-order valence-corrected chi connectivity index (χ4v) is 3.90. The number of anilines is 1. The topological polar surface area (TPSA) is 105 Å². The van der Waals surface area contributed by atoms with E-state index in [-0.39, 0.29) is 17.7 Å². The molecule has 2 aliphatic rings. The van der Waals surface area contributed by atoms with Gasteiger partial charge in [-0.15, -0.1) is 0 Å². The Morgan fingerprint density at radius 3 is 2.27 bits per heavy atom. The predicted octanol–water partition coefficient (Wildman–Crippen LogP) is 2.20. The molecule has 2 aromatic carbocycles. The summed E-state index contributed by atoms with van der Waals surface area (Å²) < 4.78 is 0. The maximum Gasteiger partial charge on any atom is 0.253 e. The summed E-state index contributed by atoms with van der Waals surface area (Å²) in [7, 11) is 0. The number of para-hydroxylation sites is 1. The van der Waals surface area contributed by atoms with E-state index in [9.17, 15) is 9.59 Å². The van der Waals surface area contributed by atoms with Crippen LogP contribution in [0.1, 0.15) is 28.8 Å². The van der Waals surface area contributed by atoms with Gasteiger partial charge < -0.3 is 21.3 Å². The van der Waals surface area contributed by atoms with Gasteiger partial charge in [-0.25, -0.2) is 4.99 Å². The smallest absolute Gasteiger partial charge is 0.253 e. The Hall–Kier alpha value is -3.61. The Bertz CT molecular complexity index is 990. The Balaban J connectivity index is 1.51. The fraction of sp³-hybridized carbons (Fsp3) is 0.261. The molecule has 2 aromatic rings. The standard InChI is InChI=1S/C23H25N5O2/c24-21-15-28(19-4-2-1-3-5-19)20(14-26-21)16-6-8-18(9-7-16)23(30)27-12-10-17(11-13-27)22(25)29/h1-9,14,17H,10-13,15H2,(H2,24,26)(H2,25,29). The van der Waals surface area contributed by atoms with E-state index in [2.05, 4.69) is 9.89 Å². The molecule has 0 radical (unpaired) electrons. The molecular weight excluding hydrogens is 378 g/mol. The van der Waals surface area contributed by atoms with Gasteiger partial charge in [0.1, 0.15) is 5.84 Å². The molecule has 2 aliphatic heterocycles. The lowest BCUT2D eigenvalue weighted by Crippen LogP contribution is -2.41. The number of likely N-dealkylation sites (tertiary alicyclic amines) is 1. The molecular formula is C23H25N5O2. The van der Waals surface area contributed by atoms with E-state index in [1.807, 2.05) is 54.6 Å². The van der Waals surface area contributed by atoms with E-state index in [0.717, 1.165) is 16.9 Å². The molecule has 30 heavy (non-hydrogen) atoms. The summed E-state index contributed by atoms with van der Waals surface area (Å²) in [5, 5.41) is 0. The molecule has 2 heterocycles. The van der Waals surface area contributed by atoms with Crippen molar-refractivity contribution >= 4 is 29.0 Å². The van der Waals surface area contributed by atoms with Crippen LogP contribution in [0.5, 0.6) is 0 Å². The lowest BCUT2D eigenvalue weighted by atomic mass is 9.95. The van der Waals surface area contributed by atoms with E-state index in [1.165, 1.54) is 0 Å². The number of benzene rings is 2. The SMILES string of the molecule is NC(=O)C1CCN(C(=O)c2ccc(C3=CN=C(N)CN3c3ccccc3)cc2)CC1. The van der Waals surface area contributed by atoms with Crippen molar-refractivity contribution in [2.45, 2.75) is 12.8 Å². The second-order valence-corrected chi connectivity index (χ2v) is 7.60. The van der Waals surface area contributed by atoms with E-state index in [4.69, 9.17) is 11.5 Å². The van der Waals surface area contributed by atoms with Gasteiger partial charge in [-0.2, -0.15) is 0 Å². The number of carbonyl (C=O) groups is 2. The quantitative estimate of drug-likeness (QED) is 0.816. The molecule has 4 rings (SSSR count). The van der Waals surface area contributed by atoms with Crippen molar-refractivity contribution in [3.8, 4) is 0 Å². The van der Waals surface area contributed by atoms with E-state index in [0.29, 0.717) is 43.9 Å². The second-order valence-electron chi connectivity index (χ2n) is 7.60. The minimum atomic E-state index is -0.279. The van der Waals surface area contributed by atoms with Crippen molar-refractivity contribution in [3.05, 3.63) is 71.9 Å². The minimum Gasteiger partial charge on any atom is -0.386 e. The second kappa shape index (κ2) is 8.41. The first-order valence-corrected chi connectivity index (χ1v) is 10.1. The first-order chi connectivity index (χ1) is 14.5. The average molecular weight is 403 g/mol. The van der Waals surface area contributed by atoms with Gasteiger partial charge >= 0.3 is 0 Å². The van der Waals surface area contributed by atoms with Crippen LogP contribution in [0.15, 0.2) is 65.8 Å². The zero-order valence-corrected chi connectivity index (χ0v) is 16.7. The number of hydrogen-bond donors (Lipinski definition) is 2. The summed E-state index contributed by atoms with van der Waals surface area (Å²) >= 11 is 0. The number of aliphatic imine (C=N–C) groups is 1. The van der Waals surface area contributed by atoms with Crippen LogP contribution >= 0.6 is 0 Å². The minimum absolute atomic E-state index is 0.0238. The molecule has 154 valence electrons. The maximum atomic E-state index is 12.8. The van der Waals surface area contributed by atoms with Crippen molar-refractivity contribution in [1.29, 1.82) is 0 Å². The van der Waals surface area contributed by atoms with Crippen molar-refractivity contribution in [2.75, 3.05) is 24.5 Å².